The van der Waals surface area contributed by atoms with Gasteiger partial charge in [-0.2, -0.15) is 0 Å². The lowest BCUT2D eigenvalue weighted by Gasteiger charge is -2.13. The second-order valence-corrected chi connectivity index (χ2v) is 7.24. The van der Waals surface area contributed by atoms with E-state index in [4.69, 9.17) is 11.6 Å². The van der Waals surface area contributed by atoms with Gasteiger partial charge in [-0.1, -0.05) is 11.6 Å². The quantitative estimate of drug-likeness (QED) is 0.935. The van der Waals surface area contributed by atoms with Crippen molar-refractivity contribution in [2.75, 3.05) is 23.3 Å². The fourth-order valence-electron chi connectivity index (χ4n) is 2.31. The molecule has 2 aliphatic heterocycles. The Kier molecular flexibility index (Phi) is 3.09. The fraction of sp³-hybridized carbons (Fsp3) is 0.231. The highest BCUT2D eigenvalue weighted by atomic mass is 35.5. The summed E-state index contributed by atoms with van der Waals surface area (Å²) >= 11 is 9.10. The summed E-state index contributed by atoms with van der Waals surface area (Å²) < 4.78 is 0.588. The van der Waals surface area contributed by atoms with Gasteiger partial charge in [0, 0.05) is 28.2 Å². The lowest BCUT2D eigenvalue weighted by Crippen LogP contribution is -2.20. The van der Waals surface area contributed by atoms with E-state index >= 15 is 0 Å². The molecule has 1 aromatic carbocycles. The Labute approximate surface area is 129 Å². The number of hydrogen-bond acceptors (Lipinski definition) is 6. The first kappa shape index (κ1) is 12.5. The third kappa shape index (κ3) is 2.17. The number of halogens is 1. The molecule has 0 bridgehead atoms. The number of fused-ring (bicyclic) bond motifs is 3. The average Bonchev–Trinajstić information content (AvgIpc) is 3.12. The van der Waals surface area contributed by atoms with Crippen LogP contribution in [0.15, 0.2) is 34.3 Å². The molecule has 1 aromatic heterocycles. The van der Waals surface area contributed by atoms with Gasteiger partial charge in [0.25, 0.3) is 0 Å². The number of benzene rings is 1. The summed E-state index contributed by atoms with van der Waals surface area (Å²) in [6.07, 6.45) is 1.81. The molecule has 0 aliphatic carbocycles. The van der Waals surface area contributed by atoms with Gasteiger partial charge in [-0.3, -0.25) is 4.99 Å². The summed E-state index contributed by atoms with van der Waals surface area (Å²) in [5.41, 5.74) is 2.38. The van der Waals surface area contributed by atoms with Gasteiger partial charge < -0.3 is 10.2 Å². The van der Waals surface area contributed by atoms with Crippen molar-refractivity contribution in [2.24, 2.45) is 4.99 Å². The van der Waals surface area contributed by atoms with Crippen molar-refractivity contribution < 1.29 is 0 Å². The Morgan fingerprint density at radius 3 is 3.20 bits per heavy atom. The Balaban J connectivity index is 1.53. The number of aliphatic imine (C=N–C) groups is 1. The molecule has 0 amide bonds. The van der Waals surface area contributed by atoms with Crippen molar-refractivity contribution in [1.82, 2.24) is 4.98 Å². The molecule has 0 spiro atoms. The normalized spacial score (nSPS) is 16.1. The van der Waals surface area contributed by atoms with Crippen molar-refractivity contribution in [3.63, 3.8) is 0 Å². The number of rotatable bonds is 3. The van der Waals surface area contributed by atoms with Crippen molar-refractivity contribution in [3.8, 4) is 0 Å². The first-order valence-electron chi connectivity index (χ1n) is 6.27. The maximum Gasteiger partial charge on any atom is 0.183 e. The number of amidine groups is 1. The van der Waals surface area contributed by atoms with Crippen LogP contribution in [0.25, 0.3) is 0 Å². The van der Waals surface area contributed by atoms with Crippen LogP contribution < -0.4 is 10.2 Å². The maximum absolute atomic E-state index is 5.84. The summed E-state index contributed by atoms with van der Waals surface area (Å²) in [5, 5.41) is 4.55. The van der Waals surface area contributed by atoms with Gasteiger partial charge in [0.05, 0.1) is 18.8 Å². The van der Waals surface area contributed by atoms with Gasteiger partial charge >= 0.3 is 0 Å². The van der Waals surface area contributed by atoms with Gasteiger partial charge in [-0.25, -0.2) is 4.98 Å². The third-order valence-corrected chi connectivity index (χ3v) is 5.46. The Hall–Kier alpha value is -1.24. The number of anilines is 2. The lowest BCUT2D eigenvalue weighted by atomic mass is 10.2. The number of aromatic nitrogens is 1. The minimum Gasteiger partial charge on any atom is -0.380 e. The number of hydrogen-bond donors (Lipinski definition) is 1. The molecule has 2 aromatic rings. The second-order valence-electron chi connectivity index (χ2n) is 4.53. The van der Waals surface area contributed by atoms with Gasteiger partial charge in [0.2, 0.25) is 0 Å². The molecule has 2 aliphatic rings. The zero-order valence-corrected chi connectivity index (χ0v) is 12.9. The molecule has 102 valence electrons. The summed E-state index contributed by atoms with van der Waals surface area (Å²) in [5.74, 6) is 0. The molecule has 0 atom stereocenters. The summed E-state index contributed by atoms with van der Waals surface area (Å²) in [4.78, 5) is 13.3. The molecule has 7 heteroatoms. The van der Waals surface area contributed by atoms with Crippen molar-refractivity contribution in [2.45, 2.75) is 11.4 Å². The second kappa shape index (κ2) is 4.95. The van der Waals surface area contributed by atoms with Crippen LogP contribution >= 0.6 is 34.7 Å². The standard InChI is InChI=1S/C13H11ClN4S2/c14-12-17-7-9(19-12)6-16-8-1-2-11-10(5-8)18-4-3-15-13(18)20-11/h1-2,5,7,16H,3-4,6H2. The Bertz CT molecular complexity index is 697. The highest BCUT2D eigenvalue weighted by Gasteiger charge is 2.29. The van der Waals surface area contributed by atoms with Crippen LogP contribution in [0.2, 0.25) is 4.47 Å². The molecule has 3 heterocycles. The minimum absolute atomic E-state index is 0.588. The largest absolute Gasteiger partial charge is 0.380 e. The predicted molar refractivity (Wildman–Crippen MR) is 86.4 cm³/mol. The summed E-state index contributed by atoms with van der Waals surface area (Å²) in [6, 6.07) is 6.46. The minimum atomic E-state index is 0.588. The lowest BCUT2D eigenvalue weighted by molar-refractivity contribution is 1.01. The first-order valence-corrected chi connectivity index (χ1v) is 8.29. The van der Waals surface area contributed by atoms with E-state index in [1.165, 1.54) is 21.9 Å². The number of nitrogens with one attached hydrogen (secondary N) is 1. The average molecular weight is 323 g/mol. The van der Waals surface area contributed by atoms with Gasteiger partial charge in [0.1, 0.15) is 0 Å². The summed E-state index contributed by atoms with van der Waals surface area (Å²) in [7, 11) is 0. The molecule has 0 unspecified atom stereocenters. The maximum atomic E-state index is 5.84. The Morgan fingerprint density at radius 2 is 2.35 bits per heavy atom. The van der Waals surface area contributed by atoms with E-state index in [1.54, 1.807) is 11.8 Å². The fourth-order valence-corrected chi connectivity index (χ4v) is 4.29. The number of thioether (sulfide) groups is 1. The molecule has 4 rings (SSSR count). The van der Waals surface area contributed by atoms with Crippen molar-refractivity contribution in [3.05, 3.63) is 33.7 Å². The molecule has 1 N–H and O–H groups in total. The molecule has 0 saturated carbocycles. The molecule has 20 heavy (non-hydrogen) atoms. The van der Waals surface area contributed by atoms with Crippen molar-refractivity contribution in [1.29, 1.82) is 0 Å². The number of thiazole rings is 1. The first-order chi connectivity index (χ1) is 9.79. The Morgan fingerprint density at radius 1 is 1.40 bits per heavy atom. The molecule has 0 saturated heterocycles. The highest BCUT2D eigenvalue weighted by molar-refractivity contribution is 8.14. The highest BCUT2D eigenvalue weighted by Crippen LogP contribution is 2.43. The topological polar surface area (TPSA) is 40.5 Å². The van der Waals surface area contributed by atoms with Crippen LogP contribution in [0.4, 0.5) is 11.4 Å². The molecular weight excluding hydrogens is 312 g/mol. The molecule has 0 radical (unpaired) electrons. The molecule has 0 fully saturated rings. The van der Waals surface area contributed by atoms with Crippen LogP contribution in [0, 0.1) is 0 Å². The smallest absolute Gasteiger partial charge is 0.183 e. The molecular formula is C13H11ClN4S2. The van der Waals surface area contributed by atoms with Gasteiger partial charge in [-0.05, 0) is 30.0 Å². The van der Waals surface area contributed by atoms with Crippen LogP contribution in [0.1, 0.15) is 4.88 Å². The van der Waals surface area contributed by atoms with E-state index in [2.05, 4.69) is 38.4 Å². The van der Waals surface area contributed by atoms with Crippen molar-refractivity contribution >= 4 is 51.2 Å². The van der Waals surface area contributed by atoms with Gasteiger partial charge in [-0.15, -0.1) is 11.3 Å². The van der Waals surface area contributed by atoms with E-state index in [0.717, 1.165) is 35.4 Å². The van der Waals surface area contributed by atoms with E-state index in [1.807, 2.05) is 6.20 Å². The van der Waals surface area contributed by atoms with Crippen LogP contribution in [-0.4, -0.2) is 23.2 Å². The summed E-state index contributed by atoms with van der Waals surface area (Å²) in [6.45, 7) is 2.64. The molecule has 4 nitrogen and oxygen atoms in total. The van der Waals surface area contributed by atoms with Gasteiger partial charge in [0.15, 0.2) is 9.63 Å². The van der Waals surface area contributed by atoms with E-state index in [9.17, 15) is 0 Å². The van der Waals surface area contributed by atoms with E-state index < -0.39 is 0 Å². The zero-order valence-electron chi connectivity index (χ0n) is 10.5. The number of nitrogens with zero attached hydrogens (tertiary/aromatic N) is 3. The van der Waals surface area contributed by atoms with E-state index in [0.29, 0.717) is 4.47 Å². The van der Waals surface area contributed by atoms with Crippen LogP contribution in [0.3, 0.4) is 0 Å². The van der Waals surface area contributed by atoms with Crippen LogP contribution in [-0.2, 0) is 6.54 Å². The zero-order chi connectivity index (χ0) is 13.5. The monoisotopic (exact) mass is 322 g/mol. The van der Waals surface area contributed by atoms with Crippen LogP contribution in [0.5, 0.6) is 0 Å². The SMILES string of the molecule is Clc1ncc(CNc2ccc3c(c2)N2CCN=C2S3)s1. The predicted octanol–water partition coefficient (Wildman–Crippen LogP) is 3.69. The van der Waals surface area contributed by atoms with E-state index in [-0.39, 0.29) is 0 Å². The third-order valence-electron chi connectivity index (χ3n) is 3.24.